The summed E-state index contributed by atoms with van der Waals surface area (Å²) in [5, 5.41) is 11.1. The van der Waals surface area contributed by atoms with Crippen LogP contribution in [0.15, 0.2) is 25.8 Å². The zero-order chi connectivity index (χ0) is 11.5. The predicted molar refractivity (Wildman–Crippen MR) is 61.7 cm³/mol. The Hall–Kier alpha value is -1.14. The maximum atomic E-state index is 5.48. The molecule has 0 fully saturated rings. The first-order chi connectivity index (χ1) is 7.66. The SMILES string of the molecule is CC(C)NCc1nnc(-c2ccoc2Br)o1. The molecule has 0 amide bonds. The number of halogens is 1. The molecule has 0 atom stereocenters. The highest BCUT2D eigenvalue weighted by atomic mass is 79.9. The average Bonchev–Trinajstić information content (AvgIpc) is 2.83. The molecular formula is C10H12BrN3O2. The van der Waals surface area contributed by atoms with Crippen LogP contribution in [-0.2, 0) is 6.54 Å². The van der Waals surface area contributed by atoms with E-state index in [1.54, 1.807) is 12.3 Å². The van der Waals surface area contributed by atoms with Gasteiger partial charge in [0, 0.05) is 6.04 Å². The van der Waals surface area contributed by atoms with E-state index in [0.717, 1.165) is 5.56 Å². The number of aromatic nitrogens is 2. The van der Waals surface area contributed by atoms with Crippen molar-refractivity contribution < 1.29 is 8.83 Å². The first kappa shape index (κ1) is 11.3. The zero-order valence-electron chi connectivity index (χ0n) is 9.03. The molecule has 0 saturated heterocycles. The topological polar surface area (TPSA) is 64.1 Å². The summed E-state index contributed by atoms with van der Waals surface area (Å²) >= 11 is 3.26. The van der Waals surface area contributed by atoms with Crippen LogP contribution >= 0.6 is 15.9 Å². The van der Waals surface area contributed by atoms with Crippen molar-refractivity contribution in [3.63, 3.8) is 0 Å². The largest absolute Gasteiger partial charge is 0.457 e. The summed E-state index contributed by atoms with van der Waals surface area (Å²) in [6, 6.07) is 2.16. The van der Waals surface area contributed by atoms with Gasteiger partial charge in [-0.15, -0.1) is 10.2 Å². The third kappa shape index (κ3) is 2.51. The predicted octanol–water partition coefficient (Wildman–Crippen LogP) is 2.59. The van der Waals surface area contributed by atoms with E-state index >= 15 is 0 Å². The molecule has 0 unspecified atom stereocenters. The molecule has 0 aromatic carbocycles. The third-order valence-electron chi connectivity index (χ3n) is 1.98. The second-order valence-electron chi connectivity index (χ2n) is 3.64. The van der Waals surface area contributed by atoms with E-state index in [-0.39, 0.29) is 0 Å². The Labute approximate surface area is 101 Å². The minimum absolute atomic E-state index is 0.385. The molecule has 0 aliphatic carbocycles. The molecule has 6 heteroatoms. The van der Waals surface area contributed by atoms with E-state index < -0.39 is 0 Å². The van der Waals surface area contributed by atoms with Gasteiger partial charge in [0.1, 0.15) is 0 Å². The molecule has 86 valence electrons. The summed E-state index contributed by atoms with van der Waals surface area (Å²) < 4.78 is 11.2. The van der Waals surface area contributed by atoms with Crippen LogP contribution < -0.4 is 5.32 Å². The lowest BCUT2D eigenvalue weighted by atomic mass is 10.3. The van der Waals surface area contributed by atoms with Crippen LogP contribution in [-0.4, -0.2) is 16.2 Å². The molecule has 0 aliphatic heterocycles. The van der Waals surface area contributed by atoms with Crippen LogP contribution in [0.3, 0.4) is 0 Å². The molecule has 2 aromatic rings. The fraction of sp³-hybridized carbons (Fsp3) is 0.400. The molecule has 2 aromatic heterocycles. The molecule has 16 heavy (non-hydrogen) atoms. The van der Waals surface area contributed by atoms with E-state index in [9.17, 15) is 0 Å². The van der Waals surface area contributed by atoms with E-state index in [2.05, 4.69) is 45.3 Å². The maximum Gasteiger partial charge on any atom is 0.252 e. The van der Waals surface area contributed by atoms with Gasteiger partial charge in [-0.2, -0.15) is 0 Å². The minimum atomic E-state index is 0.385. The summed E-state index contributed by atoms with van der Waals surface area (Å²) in [7, 11) is 0. The highest BCUT2D eigenvalue weighted by molar-refractivity contribution is 9.10. The number of hydrogen-bond donors (Lipinski definition) is 1. The number of furan rings is 1. The second-order valence-corrected chi connectivity index (χ2v) is 4.36. The average molecular weight is 286 g/mol. The number of nitrogens with one attached hydrogen (secondary N) is 1. The van der Waals surface area contributed by atoms with E-state index in [1.807, 2.05) is 0 Å². The van der Waals surface area contributed by atoms with Gasteiger partial charge in [0.15, 0.2) is 4.67 Å². The first-order valence-electron chi connectivity index (χ1n) is 4.96. The van der Waals surface area contributed by atoms with Gasteiger partial charge in [0.25, 0.3) is 5.89 Å². The summed E-state index contributed by atoms with van der Waals surface area (Å²) in [4.78, 5) is 0. The second kappa shape index (κ2) is 4.80. The summed E-state index contributed by atoms with van der Waals surface area (Å²) in [5.41, 5.74) is 0.767. The van der Waals surface area contributed by atoms with Crippen LogP contribution in [0.2, 0.25) is 0 Å². The molecule has 2 rings (SSSR count). The zero-order valence-corrected chi connectivity index (χ0v) is 10.6. The molecule has 0 saturated carbocycles. The van der Waals surface area contributed by atoms with Crippen LogP contribution in [0.1, 0.15) is 19.7 Å². The first-order valence-corrected chi connectivity index (χ1v) is 5.75. The Morgan fingerprint density at radius 1 is 1.44 bits per heavy atom. The maximum absolute atomic E-state index is 5.48. The van der Waals surface area contributed by atoms with Gasteiger partial charge in [-0.1, -0.05) is 13.8 Å². The summed E-state index contributed by atoms with van der Waals surface area (Å²) in [5.74, 6) is 1.03. The Morgan fingerprint density at radius 2 is 2.25 bits per heavy atom. The van der Waals surface area contributed by atoms with Crippen molar-refractivity contribution in [1.82, 2.24) is 15.5 Å². The number of nitrogens with zero attached hydrogens (tertiary/aromatic N) is 2. The van der Waals surface area contributed by atoms with Crippen molar-refractivity contribution >= 4 is 15.9 Å². The minimum Gasteiger partial charge on any atom is -0.457 e. The number of hydrogen-bond acceptors (Lipinski definition) is 5. The standard InChI is InChI=1S/C10H12BrN3O2/c1-6(2)12-5-8-13-14-10(16-8)7-3-4-15-9(7)11/h3-4,6,12H,5H2,1-2H3. The summed E-state index contributed by atoms with van der Waals surface area (Å²) in [6.45, 7) is 4.69. The van der Waals surface area contributed by atoms with Crippen LogP contribution in [0.25, 0.3) is 11.5 Å². The van der Waals surface area contributed by atoms with Crippen LogP contribution in [0, 0.1) is 0 Å². The Bertz CT molecular complexity index is 464. The normalized spacial score (nSPS) is 11.2. The van der Waals surface area contributed by atoms with Gasteiger partial charge in [-0.05, 0) is 22.0 Å². The van der Waals surface area contributed by atoms with Gasteiger partial charge < -0.3 is 14.2 Å². The van der Waals surface area contributed by atoms with Crippen molar-refractivity contribution in [3.05, 3.63) is 22.9 Å². The lowest BCUT2D eigenvalue weighted by Crippen LogP contribution is -2.21. The van der Waals surface area contributed by atoms with Gasteiger partial charge in [-0.25, -0.2) is 0 Å². The van der Waals surface area contributed by atoms with E-state index in [4.69, 9.17) is 8.83 Å². The molecule has 0 bridgehead atoms. The molecule has 1 N–H and O–H groups in total. The fourth-order valence-electron chi connectivity index (χ4n) is 1.17. The van der Waals surface area contributed by atoms with E-state index in [1.165, 1.54) is 0 Å². The fourth-order valence-corrected chi connectivity index (χ4v) is 1.58. The third-order valence-corrected chi connectivity index (χ3v) is 2.59. The highest BCUT2D eigenvalue weighted by Crippen LogP contribution is 2.27. The van der Waals surface area contributed by atoms with Crippen LogP contribution in [0.5, 0.6) is 0 Å². The van der Waals surface area contributed by atoms with Gasteiger partial charge in [0.05, 0.1) is 18.4 Å². The van der Waals surface area contributed by atoms with Crippen LogP contribution in [0.4, 0.5) is 0 Å². The molecule has 0 aliphatic rings. The lowest BCUT2D eigenvalue weighted by Gasteiger charge is -2.03. The monoisotopic (exact) mass is 285 g/mol. The van der Waals surface area contributed by atoms with Gasteiger partial charge in [-0.3, -0.25) is 0 Å². The molecule has 5 nitrogen and oxygen atoms in total. The van der Waals surface area contributed by atoms with Crippen molar-refractivity contribution in [3.8, 4) is 11.5 Å². The van der Waals surface area contributed by atoms with Crippen molar-refractivity contribution in [2.75, 3.05) is 0 Å². The molecular weight excluding hydrogens is 274 g/mol. The molecule has 2 heterocycles. The molecule has 0 radical (unpaired) electrons. The Balaban J connectivity index is 2.11. The Kier molecular flexibility index (Phi) is 3.40. The van der Waals surface area contributed by atoms with E-state index in [0.29, 0.717) is 29.0 Å². The quantitative estimate of drug-likeness (QED) is 0.935. The molecule has 0 spiro atoms. The highest BCUT2D eigenvalue weighted by Gasteiger charge is 2.13. The lowest BCUT2D eigenvalue weighted by molar-refractivity contribution is 0.457. The Morgan fingerprint density at radius 3 is 2.88 bits per heavy atom. The van der Waals surface area contributed by atoms with Crippen molar-refractivity contribution in [1.29, 1.82) is 0 Å². The van der Waals surface area contributed by atoms with Crippen molar-refractivity contribution in [2.45, 2.75) is 26.4 Å². The smallest absolute Gasteiger partial charge is 0.252 e. The summed E-state index contributed by atoms with van der Waals surface area (Å²) in [6.07, 6.45) is 1.57. The van der Waals surface area contributed by atoms with Gasteiger partial charge >= 0.3 is 0 Å². The van der Waals surface area contributed by atoms with Gasteiger partial charge in [0.2, 0.25) is 5.89 Å². The number of rotatable bonds is 4. The van der Waals surface area contributed by atoms with Crippen molar-refractivity contribution in [2.24, 2.45) is 0 Å².